The van der Waals surface area contributed by atoms with Crippen molar-refractivity contribution in [3.63, 3.8) is 0 Å². The highest BCUT2D eigenvalue weighted by Crippen LogP contribution is 2.40. The summed E-state index contributed by atoms with van der Waals surface area (Å²) in [5, 5.41) is 6.60. The standard InChI is InChI=1S/C20H26F4N6O2.ClH/c1-32-10-15(29-8-14(18(21)22)28-19(29)31)12-6-16-27-13(9-30(16)26-7-12)17(25)11-2-4-20(23,24)5-3-11;/h6-7,9,11,14-15,17-18H,2-5,8,10,25H2,1H3,(H,28,31);1H/t14-,15+,17-;/m0./s1. The summed E-state index contributed by atoms with van der Waals surface area (Å²) in [5.74, 6) is -2.73. The van der Waals surface area contributed by atoms with Gasteiger partial charge >= 0.3 is 6.03 Å². The van der Waals surface area contributed by atoms with Crippen molar-refractivity contribution in [2.24, 2.45) is 11.7 Å². The molecule has 3 atom stereocenters. The highest BCUT2D eigenvalue weighted by Gasteiger charge is 2.39. The van der Waals surface area contributed by atoms with Gasteiger partial charge in [0.05, 0.1) is 36.8 Å². The number of ether oxygens (including phenoxy) is 1. The Morgan fingerprint density at radius 1 is 1.33 bits per heavy atom. The monoisotopic (exact) mass is 494 g/mol. The first-order valence-electron chi connectivity index (χ1n) is 10.5. The predicted octanol–water partition coefficient (Wildman–Crippen LogP) is 3.32. The molecule has 1 saturated heterocycles. The molecule has 8 nitrogen and oxygen atoms in total. The van der Waals surface area contributed by atoms with Gasteiger partial charge in [-0.1, -0.05) is 0 Å². The van der Waals surface area contributed by atoms with Crippen molar-refractivity contribution >= 4 is 24.1 Å². The molecule has 13 heteroatoms. The van der Waals surface area contributed by atoms with Crippen LogP contribution in [-0.4, -0.2) is 64.2 Å². The summed E-state index contributed by atoms with van der Waals surface area (Å²) in [7, 11) is 1.46. The molecule has 4 rings (SSSR count). The van der Waals surface area contributed by atoms with E-state index in [1.54, 1.807) is 12.3 Å². The van der Waals surface area contributed by atoms with Crippen molar-refractivity contribution in [3.05, 3.63) is 29.7 Å². The fraction of sp³-hybridized carbons (Fsp3) is 0.650. The van der Waals surface area contributed by atoms with Crippen LogP contribution in [0.1, 0.15) is 49.0 Å². The van der Waals surface area contributed by atoms with Gasteiger partial charge in [-0.25, -0.2) is 31.9 Å². The molecular weight excluding hydrogens is 468 g/mol. The van der Waals surface area contributed by atoms with Crippen LogP contribution in [0.3, 0.4) is 0 Å². The van der Waals surface area contributed by atoms with E-state index in [2.05, 4.69) is 15.4 Å². The SMILES string of the molecule is COC[C@H](c1cnn2cc([C@@H](N)C3CCC(F)(F)CC3)nc2c1)N1C[C@@H](C(F)F)NC1=O.Cl. The van der Waals surface area contributed by atoms with Crippen LogP contribution in [0.15, 0.2) is 18.5 Å². The molecule has 33 heavy (non-hydrogen) atoms. The van der Waals surface area contributed by atoms with Crippen LogP contribution in [-0.2, 0) is 4.74 Å². The third-order valence-corrected chi connectivity index (χ3v) is 6.32. The number of carbonyl (C=O) groups is 1. The maximum absolute atomic E-state index is 13.5. The van der Waals surface area contributed by atoms with Crippen molar-refractivity contribution in [3.8, 4) is 0 Å². The average molecular weight is 495 g/mol. The average Bonchev–Trinajstić information content (AvgIpc) is 3.34. The number of hydrogen-bond acceptors (Lipinski definition) is 5. The number of nitrogens with two attached hydrogens (primary N) is 1. The lowest BCUT2D eigenvalue weighted by atomic mass is 9.81. The number of hydrogen-bond donors (Lipinski definition) is 2. The van der Waals surface area contributed by atoms with Gasteiger partial charge in [-0.05, 0) is 24.8 Å². The Kier molecular flexibility index (Phi) is 7.69. The molecule has 3 N–H and O–H groups in total. The van der Waals surface area contributed by atoms with Crippen LogP contribution < -0.4 is 11.1 Å². The van der Waals surface area contributed by atoms with Gasteiger partial charge in [-0.3, -0.25) is 0 Å². The lowest BCUT2D eigenvalue weighted by molar-refractivity contribution is -0.0484. The highest BCUT2D eigenvalue weighted by atomic mass is 35.5. The van der Waals surface area contributed by atoms with Gasteiger partial charge in [0.15, 0.2) is 5.65 Å². The van der Waals surface area contributed by atoms with E-state index < -0.39 is 36.5 Å². The number of carbonyl (C=O) groups excluding carboxylic acids is 1. The first-order chi connectivity index (χ1) is 15.2. The molecule has 2 aliphatic rings. The van der Waals surface area contributed by atoms with Gasteiger partial charge in [-0.2, -0.15) is 5.10 Å². The lowest BCUT2D eigenvalue weighted by Gasteiger charge is -2.31. The van der Waals surface area contributed by atoms with Crippen LogP contribution in [0, 0.1) is 5.92 Å². The van der Waals surface area contributed by atoms with E-state index in [0.717, 1.165) is 0 Å². The second-order valence-electron chi connectivity index (χ2n) is 8.49. The van der Waals surface area contributed by atoms with Crippen molar-refractivity contribution < 1.29 is 27.1 Å². The second kappa shape index (κ2) is 9.98. The number of imidazole rings is 1. The Morgan fingerprint density at radius 2 is 2.03 bits per heavy atom. The second-order valence-corrected chi connectivity index (χ2v) is 8.49. The summed E-state index contributed by atoms with van der Waals surface area (Å²) in [6.45, 7) is -0.0722. The molecule has 1 aliphatic heterocycles. The molecular formula is C20H27ClF4N6O2. The van der Waals surface area contributed by atoms with E-state index in [1.165, 1.54) is 22.7 Å². The first-order valence-corrected chi connectivity index (χ1v) is 10.5. The van der Waals surface area contributed by atoms with Gasteiger partial charge in [-0.15, -0.1) is 12.4 Å². The van der Waals surface area contributed by atoms with E-state index in [1.807, 2.05) is 0 Å². The smallest absolute Gasteiger partial charge is 0.318 e. The Morgan fingerprint density at radius 3 is 2.64 bits per heavy atom. The topological polar surface area (TPSA) is 97.8 Å². The summed E-state index contributed by atoms with van der Waals surface area (Å²) in [5.41, 5.74) is 7.91. The molecule has 2 amide bonds. The van der Waals surface area contributed by atoms with Gasteiger partial charge in [0.25, 0.3) is 6.43 Å². The number of urea groups is 1. The van der Waals surface area contributed by atoms with Crippen LogP contribution in [0.25, 0.3) is 5.65 Å². The minimum absolute atomic E-state index is 0. The number of methoxy groups -OCH3 is 1. The molecule has 0 aromatic carbocycles. The van der Waals surface area contributed by atoms with Crippen molar-refractivity contribution in [1.82, 2.24) is 24.8 Å². The van der Waals surface area contributed by atoms with E-state index in [4.69, 9.17) is 10.5 Å². The molecule has 1 saturated carbocycles. The minimum Gasteiger partial charge on any atom is -0.382 e. The summed E-state index contributed by atoms with van der Waals surface area (Å²) in [6, 6.07) is -1.28. The fourth-order valence-electron chi connectivity index (χ4n) is 4.43. The summed E-state index contributed by atoms with van der Waals surface area (Å²) >= 11 is 0. The Balaban J connectivity index is 0.00000306. The number of nitrogens with one attached hydrogen (secondary N) is 1. The minimum atomic E-state index is -2.68. The zero-order valence-corrected chi connectivity index (χ0v) is 18.8. The maximum Gasteiger partial charge on any atom is 0.318 e. The molecule has 0 radical (unpaired) electrons. The maximum atomic E-state index is 13.5. The molecule has 1 aliphatic carbocycles. The molecule has 0 bridgehead atoms. The third-order valence-electron chi connectivity index (χ3n) is 6.32. The van der Waals surface area contributed by atoms with E-state index in [9.17, 15) is 22.4 Å². The first kappa shape index (κ1) is 25.4. The van der Waals surface area contributed by atoms with Crippen molar-refractivity contribution in [2.75, 3.05) is 20.3 Å². The number of fused-ring (bicyclic) bond motifs is 1. The molecule has 3 heterocycles. The summed E-state index contributed by atoms with van der Waals surface area (Å²) in [4.78, 5) is 18.1. The zero-order valence-electron chi connectivity index (χ0n) is 18.0. The van der Waals surface area contributed by atoms with Gasteiger partial charge in [0, 0.05) is 32.1 Å². The fourth-order valence-corrected chi connectivity index (χ4v) is 4.43. The highest BCUT2D eigenvalue weighted by molar-refractivity contribution is 5.85. The van der Waals surface area contributed by atoms with Crippen LogP contribution >= 0.6 is 12.4 Å². The number of halogens is 5. The quantitative estimate of drug-likeness (QED) is 0.575. The molecule has 2 aromatic heterocycles. The summed E-state index contributed by atoms with van der Waals surface area (Å²) < 4.78 is 59.8. The number of amides is 2. The van der Waals surface area contributed by atoms with E-state index in [0.29, 0.717) is 29.7 Å². The largest absolute Gasteiger partial charge is 0.382 e. The number of nitrogens with zero attached hydrogens (tertiary/aromatic N) is 4. The number of rotatable bonds is 7. The van der Waals surface area contributed by atoms with E-state index in [-0.39, 0.29) is 44.3 Å². The molecule has 0 unspecified atom stereocenters. The zero-order chi connectivity index (χ0) is 23.0. The van der Waals surface area contributed by atoms with E-state index >= 15 is 0 Å². The molecule has 0 spiro atoms. The summed E-state index contributed by atoms with van der Waals surface area (Å²) in [6.07, 6.45) is 0.797. The van der Waals surface area contributed by atoms with Gasteiger partial charge in [0.2, 0.25) is 5.92 Å². The normalized spacial score (nSPS) is 22.9. The number of alkyl halides is 4. The molecule has 2 aromatic rings. The van der Waals surface area contributed by atoms with Crippen LogP contribution in [0.2, 0.25) is 0 Å². The third kappa shape index (κ3) is 5.33. The predicted molar refractivity (Wildman–Crippen MR) is 114 cm³/mol. The van der Waals surface area contributed by atoms with Gasteiger partial charge in [0.1, 0.15) is 6.04 Å². The Hall–Kier alpha value is -2.18. The van der Waals surface area contributed by atoms with Crippen LogP contribution in [0.5, 0.6) is 0 Å². The molecule has 184 valence electrons. The Labute approximate surface area is 194 Å². The Bertz CT molecular complexity index is 967. The van der Waals surface area contributed by atoms with Crippen LogP contribution in [0.4, 0.5) is 22.4 Å². The van der Waals surface area contributed by atoms with Crippen molar-refractivity contribution in [2.45, 2.75) is 56.2 Å². The van der Waals surface area contributed by atoms with Crippen molar-refractivity contribution in [1.29, 1.82) is 0 Å². The lowest BCUT2D eigenvalue weighted by Crippen LogP contribution is -2.34. The molecule has 2 fully saturated rings. The van der Waals surface area contributed by atoms with Gasteiger partial charge < -0.3 is 20.7 Å². The number of aromatic nitrogens is 3.